The first kappa shape index (κ1) is 31.7. The van der Waals surface area contributed by atoms with E-state index in [-0.39, 0.29) is 6.71 Å². The second-order valence-corrected chi connectivity index (χ2v) is 15.1. The van der Waals surface area contributed by atoms with Gasteiger partial charge in [-0.2, -0.15) is 0 Å². The molecular weight excluding hydrogens is 665 g/mol. The Bertz CT molecular complexity index is 2970. The summed E-state index contributed by atoms with van der Waals surface area (Å²) in [6, 6.07) is 65.1. The Labute approximate surface area is 322 Å². The van der Waals surface area contributed by atoms with Gasteiger partial charge in [0.05, 0.1) is 22.4 Å². The molecule has 11 rings (SSSR count). The lowest BCUT2D eigenvalue weighted by Crippen LogP contribution is -2.61. The summed E-state index contributed by atoms with van der Waals surface area (Å²) in [5.74, 6) is 0. The minimum Gasteiger partial charge on any atom is -0.311 e. The van der Waals surface area contributed by atoms with E-state index in [2.05, 4.69) is 211 Å². The van der Waals surface area contributed by atoms with Crippen molar-refractivity contribution < 1.29 is 0 Å². The largest absolute Gasteiger partial charge is 0.311 e. The number of fused-ring (bicyclic) bond motifs is 7. The van der Waals surface area contributed by atoms with Crippen LogP contribution in [0.15, 0.2) is 176 Å². The quantitative estimate of drug-likeness (QED) is 0.169. The molecule has 2 aliphatic heterocycles. The van der Waals surface area contributed by atoms with Crippen molar-refractivity contribution in [1.82, 2.24) is 4.57 Å². The van der Waals surface area contributed by atoms with Crippen LogP contribution in [0.4, 0.5) is 34.1 Å². The molecule has 3 nitrogen and oxygen atoms in total. The fourth-order valence-electron chi connectivity index (χ4n) is 9.77. The van der Waals surface area contributed by atoms with Gasteiger partial charge in [0.2, 0.25) is 0 Å². The number of benzene rings is 8. The summed E-state index contributed by atoms with van der Waals surface area (Å²) in [6.07, 6.45) is 0. The first-order valence-corrected chi connectivity index (χ1v) is 19.2. The monoisotopic (exact) mass is 703 g/mol. The standard InChI is InChI=1S/C51H38BN3/c1-33-30-34(2)51(35(3)31-33)55-44-23-12-8-19-39(44)40-32-36(28-29-45(40)55)38-18-7-11-22-43(38)54-47-25-14-10-21-42(47)52-41-20-9-13-24-46(41)53(37-16-5-4-6-17-37)48-26-15-27-49(54)50(48)52/h4-32H,1-3H3. The molecule has 8 aromatic carbocycles. The van der Waals surface area contributed by atoms with Crippen molar-refractivity contribution in [2.45, 2.75) is 20.8 Å². The number of nitrogens with zero attached hydrogens (tertiary/aromatic N) is 3. The van der Waals surface area contributed by atoms with Crippen molar-refractivity contribution in [3.05, 3.63) is 193 Å². The van der Waals surface area contributed by atoms with Crippen LogP contribution in [-0.4, -0.2) is 11.3 Å². The molecule has 0 radical (unpaired) electrons. The summed E-state index contributed by atoms with van der Waals surface area (Å²) >= 11 is 0. The maximum absolute atomic E-state index is 2.52. The second-order valence-electron chi connectivity index (χ2n) is 15.1. The highest BCUT2D eigenvalue weighted by molar-refractivity contribution is 7.00. The smallest absolute Gasteiger partial charge is 0.252 e. The minimum atomic E-state index is 0.109. The molecule has 1 aromatic heterocycles. The third-order valence-electron chi connectivity index (χ3n) is 11.8. The average molecular weight is 704 g/mol. The molecule has 3 heterocycles. The van der Waals surface area contributed by atoms with Crippen LogP contribution in [0.5, 0.6) is 0 Å². The third-order valence-corrected chi connectivity index (χ3v) is 11.8. The van der Waals surface area contributed by atoms with Crippen molar-refractivity contribution in [3.8, 4) is 16.8 Å². The summed E-state index contributed by atoms with van der Waals surface area (Å²) in [5, 5.41) is 2.52. The number of para-hydroxylation sites is 5. The second kappa shape index (κ2) is 12.1. The Hall–Kier alpha value is -6.78. The molecule has 4 heteroatoms. The predicted octanol–water partition coefficient (Wildman–Crippen LogP) is 11.5. The van der Waals surface area contributed by atoms with Gasteiger partial charge in [-0.1, -0.05) is 121 Å². The summed E-state index contributed by atoms with van der Waals surface area (Å²) < 4.78 is 2.47. The highest BCUT2D eigenvalue weighted by Gasteiger charge is 2.43. The lowest BCUT2D eigenvalue weighted by Gasteiger charge is -2.44. The highest BCUT2D eigenvalue weighted by atomic mass is 15.2. The Kier molecular flexibility index (Phi) is 6.99. The van der Waals surface area contributed by atoms with Gasteiger partial charge >= 0.3 is 0 Å². The van der Waals surface area contributed by atoms with E-state index in [1.807, 2.05) is 0 Å². The van der Waals surface area contributed by atoms with Gasteiger partial charge < -0.3 is 14.4 Å². The number of hydrogen-bond acceptors (Lipinski definition) is 2. The van der Waals surface area contributed by atoms with Crippen LogP contribution in [-0.2, 0) is 0 Å². The van der Waals surface area contributed by atoms with Gasteiger partial charge in [-0.25, -0.2) is 0 Å². The van der Waals surface area contributed by atoms with E-state index in [0.29, 0.717) is 0 Å². The van der Waals surface area contributed by atoms with Crippen molar-refractivity contribution in [3.63, 3.8) is 0 Å². The van der Waals surface area contributed by atoms with Gasteiger partial charge in [-0.15, -0.1) is 0 Å². The molecule has 0 atom stereocenters. The van der Waals surface area contributed by atoms with E-state index in [0.717, 1.165) is 5.69 Å². The topological polar surface area (TPSA) is 11.4 Å². The molecule has 0 spiro atoms. The normalized spacial score (nSPS) is 12.9. The molecule has 55 heavy (non-hydrogen) atoms. The fraction of sp³-hybridized carbons (Fsp3) is 0.0588. The molecule has 0 N–H and O–H groups in total. The lowest BCUT2D eigenvalue weighted by molar-refractivity contribution is 1.11. The summed E-state index contributed by atoms with van der Waals surface area (Å²) in [5.41, 5.74) is 21.2. The van der Waals surface area contributed by atoms with Gasteiger partial charge in [-0.3, -0.25) is 0 Å². The van der Waals surface area contributed by atoms with E-state index in [1.165, 1.54) is 100 Å². The molecular formula is C51H38BN3. The maximum atomic E-state index is 2.52. The first-order chi connectivity index (χ1) is 27.1. The van der Waals surface area contributed by atoms with Gasteiger partial charge in [0, 0.05) is 44.8 Å². The van der Waals surface area contributed by atoms with Crippen molar-refractivity contribution in [2.75, 3.05) is 9.80 Å². The van der Waals surface area contributed by atoms with Crippen LogP contribution >= 0.6 is 0 Å². The Morgan fingerprint density at radius 3 is 1.73 bits per heavy atom. The fourth-order valence-corrected chi connectivity index (χ4v) is 9.77. The zero-order valence-electron chi connectivity index (χ0n) is 31.2. The molecule has 9 aromatic rings. The van der Waals surface area contributed by atoms with Gasteiger partial charge in [0.1, 0.15) is 0 Å². The van der Waals surface area contributed by atoms with Crippen LogP contribution in [0, 0.1) is 20.8 Å². The van der Waals surface area contributed by atoms with E-state index < -0.39 is 0 Å². The summed E-state index contributed by atoms with van der Waals surface area (Å²) in [4.78, 5) is 4.97. The molecule has 0 saturated heterocycles. The molecule has 0 aliphatic carbocycles. The van der Waals surface area contributed by atoms with Gasteiger partial charge in [0.25, 0.3) is 6.71 Å². The van der Waals surface area contributed by atoms with Crippen molar-refractivity contribution in [1.29, 1.82) is 0 Å². The molecule has 0 fully saturated rings. The molecule has 0 bridgehead atoms. The van der Waals surface area contributed by atoms with E-state index in [1.54, 1.807) is 0 Å². The van der Waals surface area contributed by atoms with E-state index >= 15 is 0 Å². The molecule has 260 valence electrons. The SMILES string of the molecule is Cc1cc(C)c(-n2c3ccccc3c3cc(-c4ccccc4N4c5ccccc5B5c6ccccc6N(c6ccccc6)c6cccc4c65)ccc32)c(C)c1. The van der Waals surface area contributed by atoms with E-state index in [4.69, 9.17) is 0 Å². The number of hydrogen-bond donors (Lipinski definition) is 0. The zero-order chi connectivity index (χ0) is 36.8. The van der Waals surface area contributed by atoms with Gasteiger partial charge in [-0.05, 0) is 115 Å². The molecule has 0 saturated carbocycles. The number of aryl methyl sites for hydroxylation is 3. The minimum absolute atomic E-state index is 0.109. The van der Waals surface area contributed by atoms with E-state index in [9.17, 15) is 0 Å². The van der Waals surface area contributed by atoms with Crippen molar-refractivity contribution in [2.24, 2.45) is 0 Å². The Morgan fingerprint density at radius 1 is 0.418 bits per heavy atom. The van der Waals surface area contributed by atoms with Crippen molar-refractivity contribution >= 4 is 79.0 Å². The van der Waals surface area contributed by atoms with Crippen LogP contribution in [0.2, 0.25) is 0 Å². The van der Waals surface area contributed by atoms with Gasteiger partial charge in [0.15, 0.2) is 0 Å². The molecule has 2 aliphatic rings. The van der Waals surface area contributed by atoms with Crippen LogP contribution in [0.25, 0.3) is 38.6 Å². The average Bonchev–Trinajstić information content (AvgIpc) is 3.54. The number of anilines is 6. The first-order valence-electron chi connectivity index (χ1n) is 19.2. The Morgan fingerprint density at radius 2 is 0.982 bits per heavy atom. The Balaban J connectivity index is 1.14. The summed E-state index contributed by atoms with van der Waals surface area (Å²) in [6.45, 7) is 6.77. The predicted molar refractivity (Wildman–Crippen MR) is 234 cm³/mol. The third kappa shape index (κ3) is 4.64. The van der Waals surface area contributed by atoms with Crippen LogP contribution < -0.4 is 26.2 Å². The molecule has 0 unspecified atom stereocenters. The molecule has 0 amide bonds. The highest BCUT2D eigenvalue weighted by Crippen LogP contribution is 2.47. The summed E-state index contributed by atoms with van der Waals surface area (Å²) in [7, 11) is 0. The maximum Gasteiger partial charge on any atom is 0.252 e. The van der Waals surface area contributed by atoms with Crippen LogP contribution in [0.1, 0.15) is 16.7 Å². The number of rotatable bonds is 4. The number of aromatic nitrogens is 1. The van der Waals surface area contributed by atoms with Crippen LogP contribution in [0.3, 0.4) is 0 Å². The lowest BCUT2D eigenvalue weighted by atomic mass is 9.33. The zero-order valence-corrected chi connectivity index (χ0v) is 31.2.